The third-order valence-corrected chi connectivity index (χ3v) is 2.03. The van der Waals surface area contributed by atoms with Gasteiger partial charge in [0.2, 0.25) is 0 Å². The normalized spacial score (nSPS) is 10.5. The van der Waals surface area contributed by atoms with E-state index in [1.165, 1.54) is 0 Å². The van der Waals surface area contributed by atoms with E-state index in [4.69, 9.17) is 0 Å². The maximum absolute atomic E-state index is 11.8. The summed E-state index contributed by atoms with van der Waals surface area (Å²) in [6.45, 7) is 0. The molecule has 1 rings (SSSR count). The highest BCUT2D eigenvalue weighted by molar-refractivity contribution is 7.99. The van der Waals surface area contributed by atoms with Crippen LogP contribution < -0.4 is 0 Å². The van der Waals surface area contributed by atoms with Crippen molar-refractivity contribution in [1.29, 1.82) is 0 Å². The zero-order chi connectivity index (χ0) is 8.27. The van der Waals surface area contributed by atoms with Crippen LogP contribution in [0, 0.1) is 0 Å². The Morgan fingerprint density at radius 1 is 1.36 bits per heavy atom. The fourth-order valence-electron chi connectivity index (χ4n) is 0.660. The maximum atomic E-state index is 11.8. The number of thioether (sulfide) groups is 1. The van der Waals surface area contributed by atoms with Gasteiger partial charge in [0.1, 0.15) is 0 Å². The van der Waals surface area contributed by atoms with Gasteiger partial charge in [-0.25, -0.2) is 0 Å². The Kier molecular flexibility index (Phi) is 3.20. The molecule has 0 spiro atoms. The number of hydrogen-bond acceptors (Lipinski definition) is 2. The van der Waals surface area contributed by atoms with Crippen LogP contribution in [0.15, 0.2) is 34.1 Å². The average molecular weight is 192 g/mol. The summed E-state index contributed by atoms with van der Waals surface area (Å²) in [6, 6.07) is 6.70. The molecule has 0 N–H and O–H groups in total. The van der Waals surface area contributed by atoms with Gasteiger partial charge in [-0.15, -0.1) is 12.6 Å². The first-order valence-corrected chi connectivity index (χ1v) is 4.25. The lowest BCUT2D eigenvalue weighted by atomic mass is 10.4. The molecule has 0 saturated heterocycles. The summed E-state index contributed by atoms with van der Waals surface area (Å²) in [5.41, 5.74) is 0. The number of benzene rings is 1. The van der Waals surface area contributed by atoms with Gasteiger partial charge >= 0.3 is 0 Å². The summed E-state index contributed by atoms with van der Waals surface area (Å²) in [5, 5.41) is 0. The van der Waals surface area contributed by atoms with E-state index in [-0.39, 0.29) is 0 Å². The van der Waals surface area contributed by atoms with Crippen LogP contribution in [0.4, 0.5) is 8.78 Å². The molecular formula is C7H6F2S2. The minimum absolute atomic E-state index is 0.530. The van der Waals surface area contributed by atoms with Crippen molar-refractivity contribution in [2.24, 2.45) is 0 Å². The zero-order valence-corrected chi connectivity index (χ0v) is 7.21. The molecule has 11 heavy (non-hydrogen) atoms. The molecule has 0 aliphatic carbocycles. The molecule has 0 fully saturated rings. The molecule has 0 heterocycles. The lowest BCUT2D eigenvalue weighted by Crippen LogP contribution is -1.80. The summed E-state index contributed by atoms with van der Waals surface area (Å²) < 4.78 is 23.6. The summed E-state index contributed by atoms with van der Waals surface area (Å²) in [6.07, 6.45) is 0. The van der Waals surface area contributed by atoms with Gasteiger partial charge in [0.15, 0.2) is 0 Å². The van der Waals surface area contributed by atoms with E-state index >= 15 is 0 Å². The van der Waals surface area contributed by atoms with E-state index in [9.17, 15) is 8.78 Å². The third kappa shape index (κ3) is 3.12. The molecule has 0 radical (unpaired) electrons. The highest BCUT2D eigenvalue weighted by atomic mass is 32.2. The smallest absolute Gasteiger partial charge is 0.198 e. The first kappa shape index (κ1) is 8.87. The molecule has 0 saturated carbocycles. The molecule has 0 bridgehead atoms. The van der Waals surface area contributed by atoms with Crippen LogP contribution in [0.25, 0.3) is 0 Å². The Labute approximate surface area is 73.4 Å². The quantitative estimate of drug-likeness (QED) is 0.554. The zero-order valence-electron chi connectivity index (χ0n) is 5.50. The molecule has 0 atom stereocenters. The topological polar surface area (TPSA) is 0 Å². The average Bonchev–Trinajstić information content (AvgIpc) is 1.85. The predicted octanol–water partition coefficient (Wildman–Crippen LogP) is 3.29. The molecule has 0 nitrogen and oxygen atoms in total. The fraction of sp³-hybridized carbons (Fsp3) is 0.143. The van der Waals surface area contributed by atoms with E-state index in [0.29, 0.717) is 21.6 Å². The van der Waals surface area contributed by atoms with E-state index in [2.05, 4.69) is 12.6 Å². The molecular weight excluding hydrogens is 186 g/mol. The van der Waals surface area contributed by atoms with Crippen molar-refractivity contribution in [2.45, 2.75) is 15.5 Å². The number of alkyl halides is 2. The van der Waals surface area contributed by atoms with Crippen molar-refractivity contribution >= 4 is 24.4 Å². The second-order valence-electron chi connectivity index (χ2n) is 1.88. The van der Waals surface area contributed by atoms with Crippen LogP contribution in [0.3, 0.4) is 0 Å². The second-order valence-corrected chi connectivity index (χ2v) is 3.46. The van der Waals surface area contributed by atoms with Crippen molar-refractivity contribution in [2.75, 3.05) is 0 Å². The first-order valence-electron chi connectivity index (χ1n) is 2.92. The largest absolute Gasteiger partial charge is 0.288 e. The molecule has 0 aliphatic rings. The van der Waals surface area contributed by atoms with Crippen molar-refractivity contribution in [1.82, 2.24) is 0 Å². The molecule has 0 aliphatic heterocycles. The van der Waals surface area contributed by atoms with Gasteiger partial charge < -0.3 is 0 Å². The summed E-state index contributed by atoms with van der Waals surface area (Å²) >= 11 is 4.55. The van der Waals surface area contributed by atoms with Gasteiger partial charge in [0.25, 0.3) is 5.76 Å². The van der Waals surface area contributed by atoms with Gasteiger partial charge in [0, 0.05) is 9.79 Å². The monoisotopic (exact) mass is 192 g/mol. The van der Waals surface area contributed by atoms with Crippen LogP contribution in [0.1, 0.15) is 0 Å². The van der Waals surface area contributed by atoms with Crippen LogP contribution in [0.5, 0.6) is 0 Å². The Bertz CT molecular complexity index is 238. The van der Waals surface area contributed by atoms with E-state index < -0.39 is 5.76 Å². The number of rotatable bonds is 2. The van der Waals surface area contributed by atoms with Gasteiger partial charge in [-0.2, -0.15) is 8.78 Å². The standard InChI is InChI=1S/C7H6F2S2/c8-7(9)11-6-3-1-2-5(10)4-6/h1-4,7,10H. The molecule has 1 aromatic carbocycles. The van der Waals surface area contributed by atoms with E-state index in [1.54, 1.807) is 24.3 Å². The van der Waals surface area contributed by atoms with Crippen LogP contribution in [-0.4, -0.2) is 5.76 Å². The number of halogens is 2. The molecule has 1 aromatic rings. The van der Waals surface area contributed by atoms with Crippen LogP contribution in [-0.2, 0) is 0 Å². The predicted molar refractivity (Wildman–Crippen MR) is 45.6 cm³/mol. The highest BCUT2D eigenvalue weighted by Crippen LogP contribution is 2.26. The lowest BCUT2D eigenvalue weighted by molar-refractivity contribution is 0.252. The molecule has 0 amide bonds. The van der Waals surface area contributed by atoms with E-state index in [1.807, 2.05) is 0 Å². The highest BCUT2D eigenvalue weighted by Gasteiger charge is 2.03. The Hall–Kier alpha value is -0.220. The van der Waals surface area contributed by atoms with Gasteiger partial charge in [-0.1, -0.05) is 17.8 Å². The summed E-state index contributed by atoms with van der Waals surface area (Å²) in [5.74, 6) is -2.36. The molecule has 4 heteroatoms. The molecule has 0 aromatic heterocycles. The minimum atomic E-state index is -2.36. The SMILES string of the molecule is FC(F)Sc1cccc(S)c1. The third-order valence-electron chi connectivity index (χ3n) is 1.04. The summed E-state index contributed by atoms with van der Waals surface area (Å²) in [7, 11) is 0. The fourth-order valence-corrected chi connectivity index (χ4v) is 1.53. The van der Waals surface area contributed by atoms with Gasteiger partial charge in [-0.3, -0.25) is 0 Å². The van der Waals surface area contributed by atoms with Crippen molar-refractivity contribution in [3.63, 3.8) is 0 Å². The van der Waals surface area contributed by atoms with Crippen LogP contribution in [0.2, 0.25) is 0 Å². The molecule has 0 unspecified atom stereocenters. The second kappa shape index (κ2) is 3.97. The first-order chi connectivity index (χ1) is 5.18. The number of hydrogen-bond donors (Lipinski definition) is 1. The Balaban J connectivity index is 2.71. The Morgan fingerprint density at radius 2 is 2.09 bits per heavy atom. The molecule has 60 valence electrons. The van der Waals surface area contributed by atoms with Gasteiger partial charge in [0.05, 0.1) is 0 Å². The maximum Gasteiger partial charge on any atom is 0.288 e. The van der Waals surface area contributed by atoms with Crippen molar-refractivity contribution in [3.8, 4) is 0 Å². The van der Waals surface area contributed by atoms with E-state index in [0.717, 1.165) is 0 Å². The lowest BCUT2D eigenvalue weighted by Gasteiger charge is -1.99. The van der Waals surface area contributed by atoms with Gasteiger partial charge in [-0.05, 0) is 18.2 Å². The summed E-state index contributed by atoms with van der Waals surface area (Å²) in [4.78, 5) is 1.25. The van der Waals surface area contributed by atoms with Crippen molar-refractivity contribution < 1.29 is 8.78 Å². The van der Waals surface area contributed by atoms with Crippen molar-refractivity contribution in [3.05, 3.63) is 24.3 Å². The van der Waals surface area contributed by atoms with Crippen LogP contribution >= 0.6 is 24.4 Å². The Morgan fingerprint density at radius 3 is 2.64 bits per heavy atom. The number of thiol groups is 1. The minimum Gasteiger partial charge on any atom is -0.198 e.